The van der Waals surface area contributed by atoms with E-state index in [-0.39, 0.29) is 0 Å². The van der Waals surface area contributed by atoms with Gasteiger partial charge in [-0.2, -0.15) is 0 Å². The molecule has 4 heteroatoms. The number of hydrogen-bond acceptors (Lipinski definition) is 3. The van der Waals surface area contributed by atoms with Crippen molar-refractivity contribution in [1.29, 1.82) is 0 Å². The molecule has 0 fully saturated rings. The minimum atomic E-state index is 0.402. The van der Waals surface area contributed by atoms with Crippen LogP contribution in [0.15, 0.2) is 18.2 Å². The predicted molar refractivity (Wildman–Crippen MR) is 45.0 cm³/mol. The summed E-state index contributed by atoms with van der Waals surface area (Å²) in [6.45, 7) is 0. The monoisotopic (exact) mass is 151 g/mol. The smallest absolute Gasteiger partial charge is 0.211 e. The normalized spacial score (nSPS) is 9.09. The van der Waals surface area contributed by atoms with Crippen molar-refractivity contribution >= 4 is 23.5 Å². The van der Waals surface area contributed by atoms with Gasteiger partial charge < -0.3 is 16.8 Å². The second kappa shape index (κ2) is 2.92. The molecule has 1 aromatic rings. The number of rotatable bonds is 2. The van der Waals surface area contributed by atoms with Crippen molar-refractivity contribution < 1.29 is 4.79 Å². The van der Waals surface area contributed by atoms with Crippen LogP contribution in [0.4, 0.5) is 17.1 Å². The van der Waals surface area contributed by atoms with E-state index >= 15 is 0 Å². The number of para-hydroxylation sites is 1. The number of amides is 1. The molecule has 1 amide bonds. The summed E-state index contributed by atoms with van der Waals surface area (Å²) >= 11 is 0. The number of nitrogens with two attached hydrogens (primary N) is 2. The molecule has 5 N–H and O–H groups in total. The van der Waals surface area contributed by atoms with Crippen LogP contribution in [-0.2, 0) is 4.79 Å². The first-order valence-electron chi connectivity index (χ1n) is 3.10. The molecule has 4 nitrogen and oxygen atoms in total. The van der Waals surface area contributed by atoms with Crippen molar-refractivity contribution in [3.05, 3.63) is 18.2 Å². The van der Waals surface area contributed by atoms with Gasteiger partial charge in [0.05, 0.1) is 17.1 Å². The lowest BCUT2D eigenvalue weighted by Crippen LogP contribution is -2.01. The van der Waals surface area contributed by atoms with E-state index in [0.29, 0.717) is 23.5 Å². The van der Waals surface area contributed by atoms with Gasteiger partial charge in [-0.25, -0.2) is 0 Å². The molecule has 0 aliphatic rings. The molecule has 0 aliphatic heterocycles. The molecule has 0 saturated carbocycles. The fourth-order valence-electron chi connectivity index (χ4n) is 0.772. The molecule has 0 atom stereocenters. The second-order valence-corrected chi connectivity index (χ2v) is 2.07. The average molecular weight is 151 g/mol. The summed E-state index contributed by atoms with van der Waals surface area (Å²) in [5, 5.41) is 2.43. The molecule has 1 aromatic carbocycles. The fraction of sp³-hybridized carbons (Fsp3) is 0. The third kappa shape index (κ3) is 1.40. The van der Waals surface area contributed by atoms with Gasteiger partial charge >= 0.3 is 0 Å². The molecule has 0 aliphatic carbocycles. The van der Waals surface area contributed by atoms with Crippen molar-refractivity contribution in [3.8, 4) is 0 Å². The molecule has 58 valence electrons. The van der Waals surface area contributed by atoms with Crippen LogP contribution in [0.3, 0.4) is 0 Å². The number of hydrogen-bond donors (Lipinski definition) is 3. The Hall–Kier alpha value is -1.71. The molecule has 0 heterocycles. The Morgan fingerprint density at radius 1 is 1.36 bits per heavy atom. The van der Waals surface area contributed by atoms with Crippen LogP contribution < -0.4 is 16.8 Å². The van der Waals surface area contributed by atoms with Gasteiger partial charge in [-0.3, -0.25) is 4.79 Å². The van der Waals surface area contributed by atoms with Gasteiger partial charge in [0.2, 0.25) is 6.41 Å². The van der Waals surface area contributed by atoms with Crippen LogP contribution in [-0.4, -0.2) is 6.41 Å². The highest BCUT2D eigenvalue weighted by molar-refractivity contribution is 5.85. The van der Waals surface area contributed by atoms with Gasteiger partial charge in [0.1, 0.15) is 0 Å². The summed E-state index contributed by atoms with van der Waals surface area (Å²) in [6.07, 6.45) is 0.561. The molecular formula is C7H9N3O. The van der Waals surface area contributed by atoms with Crippen molar-refractivity contribution in [3.63, 3.8) is 0 Å². The predicted octanol–water partition coefficient (Wildman–Crippen LogP) is 0.419. The largest absolute Gasteiger partial charge is 0.397 e. The van der Waals surface area contributed by atoms with Crippen molar-refractivity contribution in [2.75, 3.05) is 16.8 Å². The zero-order valence-electron chi connectivity index (χ0n) is 5.87. The molecular weight excluding hydrogens is 142 g/mol. The van der Waals surface area contributed by atoms with Crippen LogP contribution in [0.25, 0.3) is 0 Å². The van der Waals surface area contributed by atoms with E-state index < -0.39 is 0 Å². The Bertz CT molecular complexity index is 272. The maximum Gasteiger partial charge on any atom is 0.211 e. The maximum absolute atomic E-state index is 10.0. The minimum absolute atomic E-state index is 0.402. The van der Waals surface area contributed by atoms with Crippen LogP contribution >= 0.6 is 0 Å². The van der Waals surface area contributed by atoms with Gasteiger partial charge in [-0.15, -0.1) is 0 Å². The quantitative estimate of drug-likeness (QED) is 0.423. The van der Waals surface area contributed by atoms with Gasteiger partial charge in [0, 0.05) is 0 Å². The number of nitrogens with one attached hydrogen (secondary N) is 1. The van der Waals surface area contributed by atoms with Crippen LogP contribution in [0.1, 0.15) is 0 Å². The topological polar surface area (TPSA) is 81.1 Å². The zero-order valence-corrected chi connectivity index (χ0v) is 5.87. The highest BCUT2D eigenvalue weighted by Crippen LogP contribution is 2.23. The van der Waals surface area contributed by atoms with Gasteiger partial charge in [0.25, 0.3) is 0 Å². The van der Waals surface area contributed by atoms with Gasteiger partial charge in [-0.05, 0) is 12.1 Å². The standard InChI is InChI=1S/C7H9N3O/c8-5-2-1-3-6(7(5)9)10-4-11/h1-4H,8-9H2,(H,10,11). The Morgan fingerprint density at radius 2 is 2.09 bits per heavy atom. The molecule has 0 radical (unpaired) electrons. The van der Waals surface area contributed by atoms with E-state index in [1.807, 2.05) is 0 Å². The number of benzene rings is 1. The summed E-state index contributed by atoms with van der Waals surface area (Å²) in [5.41, 5.74) is 12.4. The lowest BCUT2D eigenvalue weighted by molar-refractivity contribution is -0.105. The highest BCUT2D eigenvalue weighted by atomic mass is 16.1. The Labute approximate surface area is 64.2 Å². The molecule has 0 aromatic heterocycles. The zero-order chi connectivity index (χ0) is 8.27. The third-order valence-corrected chi connectivity index (χ3v) is 1.35. The lowest BCUT2D eigenvalue weighted by atomic mass is 10.2. The summed E-state index contributed by atoms with van der Waals surface area (Å²) in [4.78, 5) is 10.0. The first-order chi connectivity index (χ1) is 5.25. The Balaban J connectivity index is 3.05. The SMILES string of the molecule is Nc1cccc(NC=O)c1N. The average Bonchev–Trinajstić information content (AvgIpc) is 1.99. The van der Waals surface area contributed by atoms with Crippen molar-refractivity contribution in [1.82, 2.24) is 0 Å². The fourth-order valence-corrected chi connectivity index (χ4v) is 0.772. The van der Waals surface area contributed by atoms with E-state index in [9.17, 15) is 4.79 Å². The highest BCUT2D eigenvalue weighted by Gasteiger charge is 1.98. The van der Waals surface area contributed by atoms with E-state index in [1.54, 1.807) is 18.2 Å². The number of nitrogen functional groups attached to an aromatic ring is 2. The summed E-state index contributed by atoms with van der Waals surface area (Å²) in [7, 11) is 0. The first-order valence-corrected chi connectivity index (χ1v) is 3.10. The number of carbonyl (C=O) groups is 1. The van der Waals surface area contributed by atoms with Gasteiger partial charge in [0.15, 0.2) is 0 Å². The maximum atomic E-state index is 10.0. The molecule has 11 heavy (non-hydrogen) atoms. The van der Waals surface area contributed by atoms with Crippen molar-refractivity contribution in [2.24, 2.45) is 0 Å². The van der Waals surface area contributed by atoms with E-state index in [1.165, 1.54) is 0 Å². The second-order valence-electron chi connectivity index (χ2n) is 2.07. The number of carbonyl (C=O) groups excluding carboxylic acids is 1. The van der Waals surface area contributed by atoms with E-state index in [4.69, 9.17) is 11.5 Å². The molecule has 0 unspecified atom stereocenters. The summed E-state index contributed by atoms with van der Waals surface area (Å²) in [6, 6.07) is 5.07. The first kappa shape index (κ1) is 7.40. The Kier molecular flexibility index (Phi) is 1.96. The molecule has 0 spiro atoms. The van der Waals surface area contributed by atoms with E-state index in [0.717, 1.165) is 0 Å². The number of anilines is 3. The Morgan fingerprint density at radius 3 is 2.73 bits per heavy atom. The molecule has 1 rings (SSSR count). The summed E-state index contributed by atoms with van der Waals surface area (Å²) in [5.74, 6) is 0. The van der Waals surface area contributed by atoms with Crippen LogP contribution in [0, 0.1) is 0 Å². The molecule has 0 bridgehead atoms. The van der Waals surface area contributed by atoms with Gasteiger partial charge in [-0.1, -0.05) is 6.07 Å². The van der Waals surface area contributed by atoms with Crippen LogP contribution in [0.5, 0.6) is 0 Å². The van der Waals surface area contributed by atoms with Crippen LogP contribution in [0.2, 0.25) is 0 Å². The van der Waals surface area contributed by atoms with Crippen molar-refractivity contribution in [2.45, 2.75) is 0 Å². The minimum Gasteiger partial charge on any atom is -0.397 e. The van der Waals surface area contributed by atoms with E-state index in [2.05, 4.69) is 5.32 Å². The third-order valence-electron chi connectivity index (χ3n) is 1.35. The summed E-state index contributed by atoms with van der Waals surface area (Å²) < 4.78 is 0. The lowest BCUT2D eigenvalue weighted by Gasteiger charge is -2.04. The molecule has 0 saturated heterocycles.